The fourth-order valence-electron chi connectivity index (χ4n) is 2.23. The van der Waals surface area contributed by atoms with Gasteiger partial charge in [-0.25, -0.2) is 4.42 Å². The first-order valence-electron chi connectivity index (χ1n) is 5.72. The van der Waals surface area contributed by atoms with E-state index in [4.69, 9.17) is 4.42 Å². The number of allylic oxidation sites excluding steroid dienone is 1. The van der Waals surface area contributed by atoms with Crippen molar-refractivity contribution in [2.24, 2.45) is 0 Å². The maximum absolute atomic E-state index is 5.88. The molecule has 0 N–H and O–H groups in total. The molecule has 2 aromatic rings. The molecule has 1 nitrogen and oxygen atoms in total. The van der Waals surface area contributed by atoms with E-state index in [-0.39, 0.29) is 0 Å². The molecule has 82 valence electrons. The second kappa shape index (κ2) is 4.02. The van der Waals surface area contributed by atoms with Crippen LogP contribution in [0, 0.1) is 0 Å². The molecule has 0 amide bonds. The van der Waals surface area contributed by atoms with Crippen molar-refractivity contribution >= 4 is 6.29 Å². The van der Waals surface area contributed by atoms with Crippen molar-refractivity contribution < 1.29 is 4.42 Å². The second-order valence-corrected chi connectivity index (χ2v) is 4.08. The highest BCUT2D eigenvalue weighted by molar-refractivity contribution is 5.69. The standard InChI is InChI=1S/C16H13O/c1-3-8-14(9-4-1)16(12-7-13-17-16)15-10-5-2-6-11-15/h1-13H/q+1. The van der Waals surface area contributed by atoms with Crippen molar-refractivity contribution in [2.75, 3.05) is 0 Å². The largest absolute Gasteiger partial charge is 0.350 e. The van der Waals surface area contributed by atoms with E-state index in [1.165, 1.54) is 0 Å². The van der Waals surface area contributed by atoms with E-state index in [0.717, 1.165) is 11.1 Å². The summed E-state index contributed by atoms with van der Waals surface area (Å²) < 4.78 is 5.88. The van der Waals surface area contributed by atoms with E-state index in [2.05, 4.69) is 30.3 Å². The molecule has 0 radical (unpaired) electrons. The normalized spacial score (nSPS) is 16.2. The summed E-state index contributed by atoms with van der Waals surface area (Å²) in [7, 11) is 0. The van der Waals surface area contributed by atoms with E-state index in [1.54, 1.807) is 6.29 Å². The predicted octanol–water partition coefficient (Wildman–Crippen LogP) is 3.23. The van der Waals surface area contributed by atoms with Crippen molar-refractivity contribution in [1.29, 1.82) is 0 Å². The third kappa shape index (κ3) is 1.60. The molecule has 0 spiro atoms. The van der Waals surface area contributed by atoms with Crippen molar-refractivity contribution in [3.05, 3.63) is 83.9 Å². The highest BCUT2D eigenvalue weighted by atomic mass is 16.4. The van der Waals surface area contributed by atoms with Gasteiger partial charge in [-0.15, -0.1) is 0 Å². The Labute approximate surface area is 101 Å². The van der Waals surface area contributed by atoms with Crippen LogP contribution in [0.5, 0.6) is 0 Å². The van der Waals surface area contributed by atoms with Gasteiger partial charge in [0.2, 0.25) is 0 Å². The summed E-state index contributed by atoms with van der Waals surface area (Å²) in [6, 6.07) is 20.6. The molecule has 2 aromatic carbocycles. The Balaban J connectivity index is 2.19. The van der Waals surface area contributed by atoms with Crippen LogP contribution in [0.3, 0.4) is 0 Å². The number of benzene rings is 2. The second-order valence-electron chi connectivity index (χ2n) is 4.08. The summed E-state index contributed by atoms with van der Waals surface area (Å²) >= 11 is 0. The van der Waals surface area contributed by atoms with Crippen molar-refractivity contribution in [3.8, 4) is 0 Å². The summed E-state index contributed by atoms with van der Waals surface area (Å²) in [5, 5.41) is 0. The Bertz CT molecular complexity index is 499. The molecular weight excluding hydrogens is 208 g/mol. The van der Waals surface area contributed by atoms with Crippen LogP contribution in [0.2, 0.25) is 0 Å². The van der Waals surface area contributed by atoms with Gasteiger partial charge in [-0.2, -0.15) is 0 Å². The quantitative estimate of drug-likeness (QED) is 0.545. The molecule has 17 heavy (non-hydrogen) atoms. The van der Waals surface area contributed by atoms with Crippen LogP contribution in [-0.4, -0.2) is 6.29 Å². The Morgan fingerprint density at radius 3 is 1.65 bits per heavy atom. The summed E-state index contributed by atoms with van der Waals surface area (Å²) in [5.41, 5.74) is 1.84. The van der Waals surface area contributed by atoms with Gasteiger partial charge in [-0.1, -0.05) is 36.4 Å². The first-order chi connectivity index (χ1) is 8.42. The smallest absolute Gasteiger partial charge is 0.243 e. The lowest BCUT2D eigenvalue weighted by Gasteiger charge is -2.14. The lowest BCUT2D eigenvalue weighted by Crippen LogP contribution is -2.23. The molecular formula is C16H13O+. The SMILES string of the molecule is C1=CC(c2ccccc2)(c2ccccc2)[O+]=C1. The van der Waals surface area contributed by atoms with Crippen LogP contribution in [0.15, 0.2) is 72.8 Å². The third-order valence-corrected chi connectivity index (χ3v) is 3.07. The fraction of sp³-hybridized carbons (Fsp3) is 0.0625. The molecule has 0 atom stereocenters. The molecule has 0 saturated carbocycles. The van der Waals surface area contributed by atoms with Gasteiger partial charge < -0.3 is 0 Å². The molecule has 0 aromatic heterocycles. The summed E-state index contributed by atoms with van der Waals surface area (Å²) in [4.78, 5) is 0. The fourth-order valence-corrected chi connectivity index (χ4v) is 2.23. The van der Waals surface area contributed by atoms with Gasteiger partial charge in [0.05, 0.1) is 11.1 Å². The van der Waals surface area contributed by atoms with Crippen LogP contribution in [-0.2, 0) is 10.0 Å². The van der Waals surface area contributed by atoms with Crippen LogP contribution in [0.25, 0.3) is 0 Å². The van der Waals surface area contributed by atoms with E-state index in [0.29, 0.717) is 0 Å². The minimum Gasteiger partial charge on any atom is -0.243 e. The molecule has 0 aliphatic carbocycles. The zero-order valence-corrected chi connectivity index (χ0v) is 9.41. The van der Waals surface area contributed by atoms with Gasteiger partial charge in [0, 0.05) is 12.2 Å². The monoisotopic (exact) mass is 221 g/mol. The molecule has 0 unspecified atom stereocenters. The lowest BCUT2D eigenvalue weighted by atomic mass is 9.86. The van der Waals surface area contributed by atoms with Crippen LogP contribution >= 0.6 is 0 Å². The Morgan fingerprint density at radius 2 is 1.24 bits per heavy atom. The average Bonchev–Trinajstić information content (AvgIpc) is 2.91. The molecule has 1 heteroatoms. The van der Waals surface area contributed by atoms with Crippen LogP contribution < -0.4 is 0 Å². The summed E-state index contributed by atoms with van der Waals surface area (Å²) in [5.74, 6) is 0. The Morgan fingerprint density at radius 1 is 0.706 bits per heavy atom. The number of hydrogen-bond acceptors (Lipinski definition) is 0. The van der Waals surface area contributed by atoms with E-state index in [9.17, 15) is 0 Å². The molecule has 1 aliphatic rings. The molecule has 1 aliphatic heterocycles. The van der Waals surface area contributed by atoms with Crippen molar-refractivity contribution in [2.45, 2.75) is 5.60 Å². The third-order valence-electron chi connectivity index (χ3n) is 3.07. The van der Waals surface area contributed by atoms with Gasteiger partial charge in [0.15, 0.2) is 0 Å². The Hall–Kier alpha value is -2.15. The van der Waals surface area contributed by atoms with Gasteiger partial charge in [-0.3, -0.25) is 0 Å². The van der Waals surface area contributed by atoms with E-state index < -0.39 is 5.60 Å². The number of aldehydes is 1. The van der Waals surface area contributed by atoms with Crippen LogP contribution in [0.4, 0.5) is 0 Å². The molecule has 0 bridgehead atoms. The summed E-state index contributed by atoms with van der Waals surface area (Å²) in [6.07, 6.45) is 5.80. The maximum Gasteiger partial charge on any atom is 0.350 e. The summed E-state index contributed by atoms with van der Waals surface area (Å²) in [6.45, 7) is 0. The minimum absolute atomic E-state index is 0.456. The lowest BCUT2D eigenvalue weighted by molar-refractivity contribution is -0.524. The topological polar surface area (TPSA) is 11.3 Å². The highest BCUT2D eigenvalue weighted by Gasteiger charge is 2.44. The maximum atomic E-state index is 5.88. The molecule has 1 heterocycles. The average molecular weight is 221 g/mol. The molecule has 0 saturated heterocycles. The number of carbonyl (C=O) groups excluding carboxylic acids is 1. The zero-order valence-electron chi connectivity index (χ0n) is 9.41. The Kier molecular flexibility index (Phi) is 2.37. The van der Waals surface area contributed by atoms with Gasteiger partial charge >= 0.3 is 11.9 Å². The predicted molar refractivity (Wildman–Crippen MR) is 68.9 cm³/mol. The highest BCUT2D eigenvalue weighted by Crippen LogP contribution is 2.34. The van der Waals surface area contributed by atoms with E-state index >= 15 is 0 Å². The molecule has 0 fully saturated rings. The van der Waals surface area contributed by atoms with Crippen molar-refractivity contribution in [1.82, 2.24) is 0 Å². The first-order valence-corrected chi connectivity index (χ1v) is 5.72. The zero-order chi connectivity index (χ0) is 11.6. The van der Waals surface area contributed by atoms with E-state index in [1.807, 2.05) is 42.5 Å². The van der Waals surface area contributed by atoms with Gasteiger partial charge in [0.25, 0.3) is 0 Å². The van der Waals surface area contributed by atoms with Crippen LogP contribution in [0.1, 0.15) is 11.1 Å². The van der Waals surface area contributed by atoms with Crippen molar-refractivity contribution in [3.63, 3.8) is 0 Å². The number of rotatable bonds is 2. The first kappa shape index (κ1) is 10.0. The molecule has 3 rings (SSSR count). The van der Waals surface area contributed by atoms with Gasteiger partial charge in [-0.05, 0) is 24.3 Å². The minimum atomic E-state index is -0.456. The number of hydrogen-bond donors (Lipinski definition) is 0. The van der Waals surface area contributed by atoms with Gasteiger partial charge in [0.1, 0.15) is 0 Å².